The normalized spacial score (nSPS) is 18.8. The number of benzene rings is 3. The molecule has 6 heterocycles. The molecule has 7 amide bonds. The smallest absolute Gasteiger partial charge is 0.408 e. The highest BCUT2D eigenvalue weighted by Crippen LogP contribution is 2.26. The minimum Gasteiger partial charge on any atom is -0.507 e. The number of nitrogens with zero attached hydrogens (tertiary/aromatic N) is 5. The summed E-state index contributed by atoms with van der Waals surface area (Å²) in [6.07, 6.45) is -2.03. The number of para-hydroxylation sites is 3. The fraction of sp³-hybridized carbons (Fsp3) is 0.611. The predicted octanol–water partition coefficient (Wildman–Crippen LogP) is 3.64. The number of aliphatic hydroxyl groups excluding tert-OH is 4. The zero-order valence-corrected chi connectivity index (χ0v) is 67.8. The molecule has 6 aliphatic heterocycles. The van der Waals surface area contributed by atoms with Crippen LogP contribution in [0.2, 0.25) is 0 Å². The van der Waals surface area contributed by atoms with Crippen LogP contribution in [0.1, 0.15) is 122 Å². The van der Waals surface area contributed by atoms with Gasteiger partial charge in [-0.3, -0.25) is 24.0 Å². The number of carbonyl (C=O) groups excluding carboxylic acids is 7. The Hall–Kier alpha value is -8.02. The second-order valence-electron chi connectivity index (χ2n) is 27.3. The molecule has 40 heteroatoms. The number of phenolic OH excluding ortho intramolecular Hbond substituents is 2. The number of phenols is 3. The van der Waals surface area contributed by atoms with Gasteiger partial charge in [0.05, 0.1) is 88.4 Å². The van der Waals surface area contributed by atoms with Crippen molar-refractivity contribution in [3.05, 3.63) is 89.5 Å². The summed E-state index contributed by atoms with van der Waals surface area (Å²) >= 11 is 5.39. The molecule has 36 nitrogen and oxygen atoms in total. The third-order valence-electron chi connectivity index (χ3n) is 15.8. The molecule has 0 radical (unpaired) electrons. The Morgan fingerprint density at radius 2 is 0.821 bits per heavy atom. The highest BCUT2D eigenvalue weighted by atomic mass is 36.0. The molecule has 632 valence electrons. The second-order valence-corrected chi connectivity index (χ2v) is 30.0. The number of rotatable bonds is 16. The number of aliphatic imine (C=N–C) groups is 1. The number of halogens is 3. The lowest BCUT2D eigenvalue weighted by atomic mass is 10.1. The van der Waals surface area contributed by atoms with Crippen molar-refractivity contribution < 1.29 is 131 Å². The first-order valence-electron chi connectivity index (χ1n) is 35.8. The number of aromatic carboxylic acids is 1. The highest BCUT2D eigenvalue weighted by molar-refractivity contribution is 8.26. The molecule has 6 aliphatic rings. The van der Waals surface area contributed by atoms with E-state index in [0.29, 0.717) is 117 Å². The molecular weight excluding hydrogens is 1560 g/mol. The largest absolute Gasteiger partial charge is 0.507 e. The van der Waals surface area contributed by atoms with Crippen LogP contribution in [0, 0.1) is 0 Å². The van der Waals surface area contributed by atoms with Crippen LogP contribution >= 0.6 is 33.1 Å². The molecule has 0 aliphatic carbocycles. The maximum atomic E-state index is 12.5. The van der Waals surface area contributed by atoms with E-state index in [9.17, 15) is 68.7 Å². The van der Waals surface area contributed by atoms with E-state index in [-0.39, 0.29) is 58.1 Å². The summed E-state index contributed by atoms with van der Waals surface area (Å²) in [6, 6.07) is 13.9. The van der Waals surface area contributed by atoms with Gasteiger partial charge in [0.25, 0.3) is 11.8 Å². The van der Waals surface area contributed by atoms with Gasteiger partial charge in [-0.2, -0.15) is 0 Å². The number of aliphatic hydroxyl groups is 4. The lowest BCUT2D eigenvalue weighted by molar-refractivity contribution is -0.142. The quantitative estimate of drug-likeness (QED) is 0.0719. The molecule has 0 bridgehead atoms. The SMILES string of the molecule is C1CCOCC1.C[C@@H](O)[C@H](NC(=O)OC(C)(C)C)C(=O)N1CCOCC1.C[C@@H](O)[C@H](NC(=O)OC(C)(C)C)C(=O)O.C[C@@H](O)[C@H](NC(=O)c1ccccc1O)C(=O)N1CCOCC1.C[C@@H](O)[C@H](NCl)C(=O)N1CCOCC1.C[C@@H]1OC(c2ccccc2O)=N[C@@H]1C(=O)N1CCOCC1.O=C(O)c1ccccc1O.O=S(Cl)Cl. The Balaban J connectivity index is 0.000000450. The van der Waals surface area contributed by atoms with Crippen molar-refractivity contribution in [2.75, 3.05) is 118 Å². The second kappa shape index (κ2) is 52.4. The minimum atomic E-state index is -1.67. The number of hydrogen-bond donors (Lipinski definition) is 13. The Morgan fingerprint density at radius 1 is 0.491 bits per heavy atom. The molecule has 0 unspecified atom stereocenters. The van der Waals surface area contributed by atoms with E-state index in [1.807, 2.05) is 6.92 Å². The first-order valence-corrected chi connectivity index (χ1v) is 39.0. The summed E-state index contributed by atoms with van der Waals surface area (Å²) < 4.78 is 50.5. The number of ether oxygens (including phenoxy) is 8. The average molecular weight is 1670 g/mol. The van der Waals surface area contributed by atoms with Crippen LogP contribution in [0.5, 0.6) is 17.2 Å². The van der Waals surface area contributed by atoms with Crippen molar-refractivity contribution in [3.8, 4) is 17.2 Å². The van der Waals surface area contributed by atoms with Gasteiger partial charge in [-0.25, -0.2) is 33.2 Å². The maximum absolute atomic E-state index is 12.5. The van der Waals surface area contributed by atoms with E-state index in [1.54, 1.807) is 110 Å². The van der Waals surface area contributed by atoms with E-state index < -0.39 is 105 Å². The number of nitrogens with one attached hydrogen (secondary N) is 4. The van der Waals surface area contributed by atoms with E-state index in [0.717, 1.165) is 13.2 Å². The van der Waals surface area contributed by atoms with Crippen LogP contribution in [0.4, 0.5) is 9.59 Å². The van der Waals surface area contributed by atoms with Gasteiger partial charge in [-0.15, -0.1) is 0 Å². The number of aliphatic carboxylic acids is 1. The van der Waals surface area contributed by atoms with Crippen molar-refractivity contribution in [1.29, 1.82) is 0 Å². The van der Waals surface area contributed by atoms with Crippen LogP contribution in [0.3, 0.4) is 0 Å². The molecule has 5 fully saturated rings. The summed E-state index contributed by atoms with van der Waals surface area (Å²) in [5.74, 6) is -3.89. The van der Waals surface area contributed by atoms with Gasteiger partial charge >= 0.3 is 24.1 Å². The van der Waals surface area contributed by atoms with Gasteiger partial charge in [-0.1, -0.05) is 36.4 Å². The molecule has 0 saturated carbocycles. The summed E-state index contributed by atoms with van der Waals surface area (Å²) in [5, 5.41) is 90.4. The maximum Gasteiger partial charge on any atom is 0.408 e. The lowest BCUT2D eigenvalue weighted by Crippen LogP contribution is -2.56. The zero-order valence-electron chi connectivity index (χ0n) is 64.7. The first kappa shape index (κ1) is 100. The third-order valence-corrected chi connectivity index (χ3v) is 16.0. The van der Waals surface area contributed by atoms with Crippen LogP contribution < -0.4 is 20.8 Å². The molecule has 0 aromatic heterocycles. The highest BCUT2D eigenvalue weighted by Gasteiger charge is 2.39. The predicted molar refractivity (Wildman–Crippen MR) is 411 cm³/mol. The van der Waals surface area contributed by atoms with Gasteiger partial charge in [0, 0.05) is 86.9 Å². The monoisotopic (exact) mass is 1670 g/mol. The summed E-state index contributed by atoms with van der Waals surface area (Å²) in [6.45, 7) is 27.7. The zero-order chi connectivity index (χ0) is 84.4. The number of amides is 7. The summed E-state index contributed by atoms with van der Waals surface area (Å²) in [7, 11) is 7.36. The molecule has 10 atom stereocenters. The minimum absolute atomic E-state index is 0.0452. The van der Waals surface area contributed by atoms with Crippen LogP contribution in [-0.2, 0) is 71.1 Å². The third kappa shape index (κ3) is 39.1. The number of carboxylic acid groups (broad SMARTS) is 2. The van der Waals surface area contributed by atoms with Gasteiger partial charge in [0.15, 0.2) is 12.1 Å². The first-order chi connectivity index (χ1) is 52.6. The van der Waals surface area contributed by atoms with Gasteiger partial charge in [0.1, 0.15) is 58.2 Å². The van der Waals surface area contributed by atoms with Crippen molar-refractivity contribution in [2.45, 2.75) is 167 Å². The summed E-state index contributed by atoms with van der Waals surface area (Å²) in [5.41, 5.74) is -0.853. The van der Waals surface area contributed by atoms with E-state index in [2.05, 4.69) is 47.1 Å². The topological polar surface area (TPSA) is 500 Å². The lowest BCUT2D eigenvalue weighted by Gasteiger charge is -2.32. The van der Waals surface area contributed by atoms with Crippen molar-refractivity contribution in [3.63, 3.8) is 0 Å². The molecule has 3 aromatic rings. The molecule has 0 spiro atoms. The molecule has 13 N–H and O–H groups in total. The van der Waals surface area contributed by atoms with Crippen molar-refractivity contribution >= 4 is 102 Å². The molecule has 3 aromatic carbocycles. The Kier molecular flexibility index (Phi) is 46.8. The number of hydrogen-bond acceptors (Lipinski definition) is 27. The molecular formula is C72H110Cl3N9O27S. The number of carboxylic acids is 2. The van der Waals surface area contributed by atoms with E-state index >= 15 is 0 Å². The standard InChI is InChI=1S/C15H20N2O5.C15H18N2O4.C13H24N2O5.C9H17NO5.C8H15ClN2O3.C7H6O3.C5H10O.Cl2OS/c1-10(18)13(15(21)17-6-8-22-9-7-17)16-14(20)11-4-2-3-5-12(11)19;1-10-13(15(19)17-6-8-20-9-7-17)16-14(21-10)11-4-2-3-5-12(11)18;1-9(16)10(14-12(18)20-13(2,3)4)11(17)15-5-7-19-8-6-15;1-5(11)6(7(12)13)10-8(14)15-9(2,3)4;1-6(12)7(10-9)8(13)11-2-4-14-5-3-11;8-6-4-2-1-3-5(6)7(9)10;1-2-4-6-5-3-1;1-4(2)3/h2-5,10,13,18-19H,6-9H2,1H3,(H,16,20);2-5,10,13,18H,6-9H2,1H3;9-10,16H,5-8H2,1-4H3,(H,14,18);5-6,11H,1-4H3,(H,10,14)(H,12,13);6-7,10,12H,2-5H2,1H3;1-4,8H,(H,9,10);1-5H2;/t10-,13+;10-,13-;9-,10+;5-,6+;6-,7+;;;/m10111.../s1. The van der Waals surface area contributed by atoms with Crippen LogP contribution in [-0.4, -0.2) is 320 Å². The Labute approximate surface area is 667 Å². The summed E-state index contributed by atoms with van der Waals surface area (Å²) in [4.78, 5) is 118. The van der Waals surface area contributed by atoms with Crippen LogP contribution in [0.15, 0.2) is 77.8 Å². The van der Waals surface area contributed by atoms with E-state index in [4.69, 9.17) is 74.3 Å². The number of aromatic hydroxyl groups is 3. The molecule has 112 heavy (non-hydrogen) atoms. The van der Waals surface area contributed by atoms with Gasteiger partial charge < -0.3 is 119 Å². The fourth-order valence-electron chi connectivity index (χ4n) is 10.1. The average Bonchev–Trinajstić information content (AvgIpc) is 1.63. The molecule has 5 saturated heterocycles. The Bertz CT molecular complexity index is 3420. The van der Waals surface area contributed by atoms with E-state index in [1.165, 1.54) is 71.2 Å². The van der Waals surface area contributed by atoms with Crippen molar-refractivity contribution in [1.82, 2.24) is 40.4 Å². The number of alkyl carbamates (subject to hydrolysis) is 2. The number of carbonyl (C=O) groups is 9. The Morgan fingerprint density at radius 3 is 1.13 bits per heavy atom. The molecule has 9 rings (SSSR count). The van der Waals surface area contributed by atoms with Crippen LogP contribution in [0.25, 0.3) is 0 Å². The van der Waals surface area contributed by atoms with Gasteiger partial charge in [-0.05, 0) is 144 Å². The fourth-order valence-corrected chi connectivity index (χ4v) is 10.3. The van der Waals surface area contributed by atoms with Crippen molar-refractivity contribution in [2.24, 2.45) is 4.99 Å². The number of morpholine rings is 4. The van der Waals surface area contributed by atoms with Gasteiger partial charge in [0.2, 0.25) is 32.8 Å².